The Morgan fingerprint density at radius 1 is 1.15 bits per heavy atom. The van der Waals surface area contributed by atoms with Crippen LogP contribution in [0.3, 0.4) is 0 Å². The monoisotopic (exact) mass is 370 g/mol. The summed E-state index contributed by atoms with van der Waals surface area (Å²) in [5, 5.41) is 2.35. The number of benzene rings is 1. The van der Waals surface area contributed by atoms with Crippen LogP contribution in [0.1, 0.15) is 6.92 Å². The van der Waals surface area contributed by atoms with E-state index in [9.17, 15) is 23.2 Å². The third-order valence-electron chi connectivity index (χ3n) is 3.83. The largest absolute Gasteiger partial charge is 0.456 e. The Balaban J connectivity index is 1.84. The first-order valence-corrected chi connectivity index (χ1v) is 7.95. The van der Waals surface area contributed by atoms with Gasteiger partial charge in [0.05, 0.1) is 6.54 Å². The number of piperazine rings is 1. The van der Waals surface area contributed by atoms with E-state index in [4.69, 9.17) is 5.73 Å². The summed E-state index contributed by atoms with van der Waals surface area (Å²) < 4.78 is 32.4. The van der Waals surface area contributed by atoms with Crippen LogP contribution in [0.25, 0.3) is 0 Å². The topological polar surface area (TPSA) is 105 Å². The van der Waals surface area contributed by atoms with Gasteiger partial charge in [0, 0.05) is 38.8 Å². The minimum absolute atomic E-state index is 0.00191. The molecule has 1 heterocycles. The van der Waals surface area contributed by atoms with Gasteiger partial charge in [-0.15, -0.1) is 0 Å². The van der Waals surface area contributed by atoms with Crippen LogP contribution in [0.5, 0.6) is 0 Å². The van der Waals surface area contributed by atoms with Crippen LogP contribution in [-0.2, 0) is 19.1 Å². The number of amides is 2. The van der Waals surface area contributed by atoms with Crippen molar-refractivity contribution in [3.05, 3.63) is 23.8 Å². The molecule has 1 fully saturated rings. The Labute approximate surface area is 148 Å². The Morgan fingerprint density at radius 2 is 1.73 bits per heavy atom. The van der Waals surface area contributed by atoms with Crippen LogP contribution in [0.4, 0.5) is 20.2 Å². The molecule has 2 rings (SSSR count). The van der Waals surface area contributed by atoms with Gasteiger partial charge in [-0.05, 0) is 12.1 Å². The maximum absolute atomic E-state index is 14.0. The van der Waals surface area contributed by atoms with Crippen molar-refractivity contribution < 1.29 is 27.9 Å². The molecule has 3 N–H and O–H groups in total. The number of nitrogen functional groups attached to an aromatic ring is 1. The number of nitrogens with one attached hydrogen (secondary N) is 1. The molecule has 1 aliphatic rings. The van der Waals surface area contributed by atoms with Gasteiger partial charge in [0.2, 0.25) is 5.91 Å². The molecule has 0 unspecified atom stereocenters. The van der Waals surface area contributed by atoms with E-state index in [1.54, 1.807) is 0 Å². The number of nitrogens with zero attached hydrogens (tertiary/aromatic N) is 2. The maximum atomic E-state index is 14.0. The van der Waals surface area contributed by atoms with Crippen molar-refractivity contribution in [3.63, 3.8) is 0 Å². The molecule has 1 saturated heterocycles. The summed E-state index contributed by atoms with van der Waals surface area (Å²) in [6.07, 6.45) is 0. The number of nitrogens with two attached hydrogens (primary N) is 1. The molecule has 1 aromatic rings. The first-order valence-electron chi connectivity index (χ1n) is 7.95. The molecule has 0 spiro atoms. The predicted octanol–water partition coefficient (Wildman–Crippen LogP) is -0.125. The second-order valence-electron chi connectivity index (χ2n) is 5.76. The molecular formula is C16H20F2N4O4. The van der Waals surface area contributed by atoms with Gasteiger partial charge in [-0.2, -0.15) is 0 Å². The first-order chi connectivity index (χ1) is 12.3. The lowest BCUT2D eigenvalue weighted by atomic mass is 10.2. The first kappa shape index (κ1) is 19.4. The molecular weight excluding hydrogens is 350 g/mol. The fraction of sp³-hybridized carbons (Fsp3) is 0.438. The molecule has 142 valence electrons. The zero-order valence-electron chi connectivity index (χ0n) is 14.3. The van der Waals surface area contributed by atoms with Gasteiger partial charge in [-0.25, -0.2) is 8.78 Å². The van der Waals surface area contributed by atoms with E-state index < -0.39 is 30.1 Å². The van der Waals surface area contributed by atoms with Gasteiger partial charge < -0.3 is 25.6 Å². The summed E-state index contributed by atoms with van der Waals surface area (Å²) in [6.45, 7) is 1.46. The third kappa shape index (κ3) is 5.04. The maximum Gasteiger partial charge on any atom is 0.303 e. The highest BCUT2D eigenvalue weighted by Crippen LogP contribution is 2.26. The average Bonchev–Trinajstić information content (AvgIpc) is 2.57. The SMILES string of the molecule is CC(=O)OCC(=O)NCC(=O)N1CCN(c2c(F)cc(N)cc2F)CC1. The number of hydrogen-bond donors (Lipinski definition) is 2. The molecule has 0 aromatic heterocycles. The van der Waals surface area contributed by atoms with Crippen molar-refractivity contribution in [1.82, 2.24) is 10.2 Å². The minimum Gasteiger partial charge on any atom is -0.456 e. The van der Waals surface area contributed by atoms with Crippen molar-refractivity contribution in [2.75, 3.05) is 50.0 Å². The normalized spacial score (nSPS) is 14.1. The summed E-state index contributed by atoms with van der Waals surface area (Å²) in [6, 6.07) is 2.10. The lowest BCUT2D eigenvalue weighted by Crippen LogP contribution is -2.51. The van der Waals surface area contributed by atoms with Crippen molar-refractivity contribution in [2.45, 2.75) is 6.92 Å². The van der Waals surface area contributed by atoms with E-state index in [1.165, 1.54) is 16.7 Å². The molecule has 0 bridgehead atoms. The third-order valence-corrected chi connectivity index (χ3v) is 3.83. The van der Waals surface area contributed by atoms with E-state index in [-0.39, 0.29) is 50.0 Å². The molecule has 26 heavy (non-hydrogen) atoms. The number of carbonyl (C=O) groups excluding carboxylic acids is 3. The molecule has 1 aliphatic heterocycles. The van der Waals surface area contributed by atoms with Crippen LogP contribution < -0.4 is 16.0 Å². The number of rotatable bonds is 5. The number of hydrogen-bond acceptors (Lipinski definition) is 6. The van der Waals surface area contributed by atoms with Crippen LogP contribution in [0.15, 0.2) is 12.1 Å². The Bertz CT molecular complexity index is 682. The number of halogens is 2. The molecule has 2 amide bonds. The standard InChI is InChI=1S/C16H20F2N4O4/c1-10(23)26-9-14(24)20-8-15(25)21-2-4-22(5-3-21)16-12(17)6-11(19)7-13(16)18/h6-7H,2-5,8-9,19H2,1H3,(H,20,24). The van der Waals surface area contributed by atoms with E-state index in [0.717, 1.165) is 12.1 Å². The van der Waals surface area contributed by atoms with Gasteiger partial charge in [-0.1, -0.05) is 0 Å². The van der Waals surface area contributed by atoms with Crippen LogP contribution in [0.2, 0.25) is 0 Å². The molecule has 0 aliphatic carbocycles. The van der Waals surface area contributed by atoms with Crippen LogP contribution in [0, 0.1) is 11.6 Å². The van der Waals surface area contributed by atoms with Gasteiger partial charge in [0.1, 0.15) is 5.69 Å². The fourth-order valence-electron chi connectivity index (χ4n) is 2.57. The predicted molar refractivity (Wildman–Crippen MR) is 89.2 cm³/mol. The average molecular weight is 370 g/mol. The van der Waals surface area contributed by atoms with Gasteiger partial charge in [0.25, 0.3) is 5.91 Å². The summed E-state index contributed by atoms with van der Waals surface area (Å²) in [4.78, 5) is 37.1. The molecule has 0 atom stereocenters. The van der Waals surface area contributed by atoms with Crippen molar-refractivity contribution in [1.29, 1.82) is 0 Å². The number of ether oxygens (including phenoxy) is 1. The molecule has 0 saturated carbocycles. The molecule has 10 heteroatoms. The summed E-state index contributed by atoms with van der Waals surface area (Å²) in [5.74, 6) is -3.01. The molecule has 8 nitrogen and oxygen atoms in total. The summed E-state index contributed by atoms with van der Waals surface area (Å²) in [7, 11) is 0. The highest BCUT2D eigenvalue weighted by atomic mass is 19.1. The zero-order valence-corrected chi connectivity index (χ0v) is 14.3. The van der Waals surface area contributed by atoms with Crippen molar-refractivity contribution >= 4 is 29.2 Å². The van der Waals surface area contributed by atoms with Crippen molar-refractivity contribution in [3.8, 4) is 0 Å². The second kappa shape index (κ2) is 8.45. The van der Waals surface area contributed by atoms with Crippen LogP contribution >= 0.6 is 0 Å². The van der Waals surface area contributed by atoms with E-state index >= 15 is 0 Å². The lowest BCUT2D eigenvalue weighted by molar-refractivity contribution is -0.146. The van der Waals surface area contributed by atoms with Crippen LogP contribution in [-0.4, -0.2) is 62.0 Å². The smallest absolute Gasteiger partial charge is 0.303 e. The van der Waals surface area contributed by atoms with E-state index in [0.29, 0.717) is 0 Å². The number of carbonyl (C=O) groups is 3. The number of esters is 1. The highest BCUT2D eigenvalue weighted by molar-refractivity contribution is 5.86. The summed E-state index contributed by atoms with van der Waals surface area (Å²) in [5.41, 5.74) is 5.24. The fourth-order valence-corrected chi connectivity index (χ4v) is 2.57. The molecule has 0 radical (unpaired) electrons. The Hall–Kier alpha value is -2.91. The molecule has 1 aromatic carbocycles. The second-order valence-corrected chi connectivity index (χ2v) is 5.76. The van der Waals surface area contributed by atoms with E-state index in [2.05, 4.69) is 10.1 Å². The number of anilines is 2. The Morgan fingerprint density at radius 3 is 2.27 bits per heavy atom. The van der Waals surface area contributed by atoms with Gasteiger partial charge in [-0.3, -0.25) is 14.4 Å². The van der Waals surface area contributed by atoms with E-state index in [1.807, 2.05) is 0 Å². The lowest BCUT2D eigenvalue weighted by Gasteiger charge is -2.36. The summed E-state index contributed by atoms with van der Waals surface area (Å²) >= 11 is 0. The quantitative estimate of drug-likeness (QED) is 0.553. The minimum atomic E-state index is -0.750. The van der Waals surface area contributed by atoms with Gasteiger partial charge in [0.15, 0.2) is 18.2 Å². The Kier molecular flexibility index (Phi) is 6.31. The van der Waals surface area contributed by atoms with Crippen molar-refractivity contribution in [2.24, 2.45) is 0 Å². The highest BCUT2D eigenvalue weighted by Gasteiger charge is 2.25. The zero-order chi connectivity index (χ0) is 19.3. The van der Waals surface area contributed by atoms with Gasteiger partial charge >= 0.3 is 5.97 Å².